The molecule has 3 rings (SSSR count). The van der Waals surface area contributed by atoms with Gasteiger partial charge in [-0.15, -0.1) is 0 Å². The maximum absolute atomic E-state index is 12.6. The Bertz CT molecular complexity index is 1050. The highest BCUT2D eigenvalue weighted by atomic mass is 35.5. The largest absolute Gasteiger partial charge is 0.481 e. The Balaban J connectivity index is 1.83. The van der Waals surface area contributed by atoms with E-state index in [-0.39, 0.29) is 16.5 Å². The van der Waals surface area contributed by atoms with Crippen LogP contribution in [0.15, 0.2) is 53.9 Å². The molecule has 0 aliphatic rings. The third-order valence-electron chi connectivity index (χ3n) is 3.99. The Morgan fingerprint density at radius 2 is 2.07 bits per heavy atom. The van der Waals surface area contributed by atoms with Gasteiger partial charge in [0, 0.05) is 24.5 Å². The van der Waals surface area contributed by atoms with Gasteiger partial charge in [-0.05, 0) is 36.8 Å². The summed E-state index contributed by atoms with van der Waals surface area (Å²) in [4.78, 5) is 8.31. The van der Waals surface area contributed by atoms with Crippen LogP contribution in [-0.2, 0) is 23.1 Å². The Kier molecular flexibility index (Phi) is 5.79. The number of hydrogen-bond donors (Lipinski definition) is 1. The molecular formula is C18H19ClN4O3S. The van der Waals surface area contributed by atoms with E-state index in [1.165, 1.54) is 13.2 Å². The van der Waals surface area contributed by atoms with Crippen molar-refractivity contribution in [2.45, 2.75) is 24.9 Å². The molecule has 0 amide bonds. The number of pyridine rings is 1. The minimum absolute atomic E-state index is 0.00528. The Labute approximate surface area is 163 Å². The number of rotatable bonds is 7. The third-order valence-corrected chi connectivity index (χ3v) is 5.88. The molecule has 2 aromatic heterocycles. The van der Waals surface area contributed by atoms with Gasteiger partial charge >= 0.3 is 0 Å². The van der Waals surface area contributed by atoms with E-state index in [2.05, 4.69) is 14.7 Å². The Morgan fingerprint density at radius 1 is 1.26 bits per heavy atom. The lowest BCUT2D eigenvalue weighted by Gasteiger charge is -2.11. The summed E-state index contributed by atoms with van der Waals surface area (Å²) in [7, 11) is -2.26. The molecule has 0 spiro atoms. The van der Waals surface area contributed by atoms with Crippen LogP contribution in [0.4, 0.5) is 0 Å². The molecule has 3 aromatic rings. The first-order valence-corrected chi connectivity index (χ1v) is 10.1. The van der Waals surface area contributed by atoms with Gasteiger partial charge in [0.25, 0.3) is 0 Å². The molecule has 0 fully saturated rings. The summed E-state index contributed by atoms with van der Waals surface area (Å²) in [6, 6.07) is 8.33. The summed E-state index contributed by atoms with van der Waals surface area (Å²) >= 11 is 6.27. The molecule has 142 valence electrons. The SMILES string of the molecule is CCn1cnc(CNS(=O)(=O)c2ccc(-c3cccnc3OC)cc2Cl)c1. The van der Waals surface area contributed by atoms with Crippen molar-refractivity contribution in [1.82, 2.24) is 19.3 Å². The molecule has 1 aromatic carbocycles. The van der Waals surface area contributed by atoms with Crippen molar-refractivity contribution >= 4 is 21.6 Å². The van der Waals surface area contributed by atoms with Crippen molar-refractivity contribution in [3.63, 3.8) is 0 Å². The zero-order valence-corrected chi connectivity index (χ0v) is 16.5. The quantitative estimate of drug-likeness (QED) is 0.651. The van der Waals surface area contributed by atoms with Crippen molar-refractivity contribution < 1.29 is 13.2 Å². The van der Waals surface area contributed by atoms with Crippen molar-refractivity contribution in [3.05, 3.63) is 59.8 Å². The standard InChI is InChI=1S/C18H19ClN4O3S/c1-3-23-11-14(21-12-23)10-22-27(24,25)17-7-6-13(9-16(17)19)15-5-4-8-20-18(15)26-2/h4-9,11-12,22H,3,10H2,1-2H3. The second-order valence-electron chi connectivity index (χ2n) is 5.73. The number of nitrogens with zero attached hydrogens (tertiary/aromatic N) is 3. The monoisotopic (exact) mass is 406 g/mol. The average molecular weight is 407 g/mol. The number of sulfonamides is 1. The van der Waals surface area contributed by atoms with E-state index in [0.29, 0.717) is 17.1 Å². The number of benzene rings is 1. The lowest BCUT2D eigenvalue weighted by atomic mass is 10.1. The molecule has 2 heterocycles. The van der Waals surface area contributed by atoms with Gasteiger partial charge in [-0.3, -0.25) is 0 Å². The van der Waals surface area contributed by atoms with Gasteiger partial charge in [0.2, 0.25) is 15.9 Å². The second kappa shape index (κ2) is 8.08. The third kappa shape index (κ3) is 4.29. The number of methoxy groups -OCH3 is 1. The van der Waals surface area contributed by atoms with E-state index in [0.717, 1.165) is 12.1 Å². The van der Waals surface area contributed by atoms with E-state index in [9.17, 15) is 8.42 Å². The van der Waals surface area contributed by atoms with Gasteiger partial charge < -0.3 is 9.30 Å². The molecule has 27 heavy (non-hydrogen) atoms. The number of imidazole rings is 1. The van der Waals surface area contributed by atoms with Crippen LogP contribution in [0.5, 0.6) is 5.88 Å². The lowest BCUT2D eigenvalue weighted by Crippen LogP contribution is -2.23. The van der Waals surface area contributed by atoms with E-state index < -0.39 is 10.0 Å². The van der Waals surface area contributed by atoms with Gasteiger partial charge in [0.05, 0.1) is 30.7 Å². The van der Waals surface area contributed by atoms with Crippen LogP contribution in [0, 0.1) is 0 Å². The van der Waals surface area contributed by atoms with Gasteiger partial charge in [-0.2, -0.15) is 0 Å². The fourth-order valence-corrected chi connectivity index (χ4v) is 4.12. The first kappa shape index (κ1) is 19.3. The van der Waals surface area contributed by atoms with E-state index in [4.69, 9.17) is 16.3 Å². The number of aromatic nitrogens is 3. The van der Waals surface area contributed by atoms with Gasteiger partial charge in [0.1, 0.15) is 4.90 Å². The van der Waals surface area contributed by atoms with Gasteiger partial charge in [0.15, 0.2) is 0 Å². The Morgan fingerprint density at radius 3 is 2.74 bits per heavy atom. The second-order valence-corrected chi connectivity index (χ2v) is 7.87. The van der Waals surface area contributed by atoms with Crippen LogP contribution >= 0.6 is 11.6 Å². The summed E-state index contributed by atoms with van der Waals surface area (Å²) in [5.74, 6) is 0.439. The topological polar surface area (TPSA) is 86.1 Å². The fraction of sp³-hybridized carbons (Fsp3) is 0.222. The van der Waals surface area contributed by atoms with E-state index in [1.54, 1.807) is 36.9 Å². The van der Waals surface area contributed by atoms with E-state index in [1.807, 2.05) is 17.6 Å². The van der Waals surface area contributed by atoms with Crippen molar-refractivity contribution in [2.24, 2.45) is 0 Å². The summed E-state index contributed by atoms with van der Waals surface area (Å²) in [6.45, 7) is 2.84. The van der Waals surface area contributed by atoms with Crippen LogP contribution in [0.2, 0.25) is 5.02 Å². The zero-order valence-electron chi connectivity index (χ0n) is 14.9. The van der Waals surface area contributed by atoms with Crippen molar-refractivity contribution in [2.75, 3.05) is 7.11 Å². The fourth-order valence-electron chi connectivity index (χ4n) is 2.58. The van der Waals surface area contributed by atoms with E-state index >= 15 is 0 Å². The van der Waals surface area contributed by atoms with Gasteiger partial charge in [-0.25, -0.2) is 23.1 Å². The molecule has 7 nitrogen and oxygen atoms in total. The molecule has 0 atom stereocenters. The van der Waals surface area contributed by atoms with Crippen LogP contribution in [0.25, 0.3) is 11.1 Å². The molecule has 0 aliphatic carbocycles. The average Bonchev–Trinajstić information content (AvgIpc) is 3.14. The highest BCUT2D eigenvalue weighted by Gasteiger charge is 2.19. The van der Waals surface area contributed by atoms with Gasteiger partial charge in [-0.1, -0.05) is 17.7 Å². The molecule has 0 saturated carbocycles. The normalized spacial score (nSPS) is 11.5. The summed E-state index contributed by atoms with van der Waals surface area (Å²) in [5.41, 5.74) is 2.07. The smallest absolute Gasteiger partial charge is 0.242 e. The lowest BCUT2D eigenvalue weighted by molar-refractivity contribution is 0.399. The molecule has 1 N–H and O–H groups in total. The van der Waals surface area contributed by atoms with Crippen LogP contribution < -0.4 is 9.46 Å². The van der Waals surface area contributed by atoms with Crippen LogP contribution in [0.1, 0.15) is 12.6 Å². The maximum atomic E-state index is 12.6. The minimum atomic E-state index is -3.78. The summed E-state index contributed by atoms with van der Waals surface area (Å²) in [5, 5.41) is 0.116. The molecule has 0 aliphatic heterocycles. The number of hydrogen-bond acceptors (Lipinski definition) is 5. The number of ether oxygens (including phenoxy) is 1. The highest BCUT2D eigenvalue weighted by Crippen LogP contribution is 2.32. The number of halogens is 1. The Hall–Kier alpha value is -2.42. The molecule has 9 heteroatoms. The minimum Gasteiger partial charge on any atom is -0.481 e. The van der Waals surface area contributed by atoms with Crippen LogP contribution in [0.3, 0.4) is 0 Å². The summed E-state index contributed by atoms with van der Waals surface area (Å²) < 4.78 is 34.8. The summed E-state index contributed by atoms with van der Waals surface area (Å²) in [6.07, 6.45) is 5.07. The molecule has 0 saturated heterocycles. The van der Waals surface area contributed by atoms with Crippen molar-refractivity contribution in [1.29, 1.82) is 0 Å². The molecule has 0 unspecified atom stereocenters. The van der Waals surface area contributed by atoms with Crippen molar-refractivity contribution in [3.8, 4) is 17.0 Å². The molecular weight excluding hydrogens is 388 g/mol. The molecule has 0 bridgehead atoms. The number of aryl methyl sites for hydroxylation is 1. The number of nitrogens with one attached hydrogen (secondary N) is 1. The van der Waals surface area contributed by atoms with Crippen LogP contribution in [-0.4, -0.2) is 30.1 Å². The maximum Gasteiger partial charge on any atom is 0.242 e. The highest BCUT2D eigenvalue weighted by molar-refractivity contribution is 7.89. The zero-order chi connectivity index (χ0) is 19.4. The predicted molar refractivity (Wildman–Crippen MR) is 103 cm³/mol. The predicted octanol–water partition coefficient (Wildman–Crippen LogP) is 3.11. The first-order valence-electron chi connectivity index (χ1n) is 8.24. The first-order chi connectivity index (χ1) is 12.9. The molecule has 0 radical (unpaired) electrons.